The molecule has 2 rings (SSSR count). The number of hydrogen-bond acceptors (Lipinski definition) is 3. The lowest BCUT2D eigenvalue weighted by Gasteiger charge is -2.15. The molecule has 0 spiro atoms. The second-order valence-corrected chi connectivity index (χ2v) is 3.97. The molecule has 1 aromatic carbocycles. The van der Waals surface area contributed by atoms with Gasteiger partial charge in [0.1, 0.15) is 11.9 Å². The lowest BCUT2D eigenvalue weighted by molar-refractivity contribution is 0.627. The first kappa shape index (κ1) is 11.6. The summed E-state index contributed by atoms with van der Waals surface area (Å²) in [7, 11) is 0. The number of nitriles is 1. The van der Waals surface area contributed by atoms with Crippen LogP contribution >= 0.6 is 0 Å². The molecular formula is C13H14FN3. The summed E-state index contributed by atoms with van der Waals surface area (Å²) in [4.78, 5) is 0. The first-order chi connectivity index (χ1) is 8.29. The summed E-state index contributed by atoms with van der Waals surface area (Å²) in [6, 6.07) is 6.21. The zero-order valence-electron chi connectivity index (χ0n) is 9.46. The van der Waals surface area contributed by atoms with E-state index in [0.29, 0.717) is 17.8 Å². The van der Waals surface area contributed by atoms with Crippen LogP contribution in [-0.4, -0.2) is 19.6 Å². The van der Waals surface area contributed by atoms with Crippen molar-refractivity contribution in [1.29, 1.82) is 5.26 Å². The minimum atomic E-state index is -0.381. The smallest absolute Gasteiger partial charge is 0.124 e. The van der Waals surface area contributed by atoms with E-state index in [-0.39, 0.29) is 5.82 Å². The molecule has 0 amide bonds. The highest BCUT2D eigenvalue weighted by Gasteiger charge is 2.06. The third-order valence-electron chi connectivity index (χ3n) is 2.77. The molecule has 0 atom stereocenters. The van der Waals surface area contributed by atoms with Gasteiger partial charge in [0.2, 0.25) is 0 Å². The zero-order chi connectivity index (χ0) is 12.1. The van der Waals surface area contributed by atoms with Gasteiger partial charge in [-0.05, 0) is 31.2 Å². The van der Waals surface area contributed by atoms with Crippen molar-refractivity contribution in [2.75, 3.05) is 25.0 Å². The van der Waals surface area contributed by atoms with Crippen LogP contribution in [0.5, 0.6) is 0 Å². The maximum Gasteiger partial charge on any atom is 0.124 e. The van der Waals surface area contributed by atoms with Crippen molar-refractivity contribution in [2.24, 2.45) is 0 Å². The number of anilines is 1. The van der Waals surface area contributed by atoms with Crippen LogP contribution in [0.15, 0.2) is 29.8 Å². The first-order valence-corrected chi connectivity index (χ1v) is 5.62. The Hall–Kier alpha value is -1.86. The summed E-state index contributed by atoms with van der Waals surface area (Å²) < 4.78 is 12.9. The second-order valence-electron chi connectivity index (χ2n) is 3.97. The molecule has 1 aliphatic heterocycles. The predicted octanol–water partition coefficient (Wildman–Crippen LogP) is 2.03. The van der Waals surface area contributed by atoms with Gasteiger partial charge in [-0.2, -0.15) is 5.26 Å². The highest BCUT2D eigenvalue weighted by atomic mass is 19.1. The topological polar surface area (TPSA) is 47.9 Å². The Balaban J connectivity index is 2.04. The van der Waals surface area contributed by atoms with Crippen LogP contribution in [0.25, 0.3) is 0 Å². The van der Waals surface area contributed by atoms with Gasteiger partial charge in [-0.3, -0.25) is 0 Å². The molecule has 4 heteroatoms. The van der Waals surface area contributed by atoms with Crippen molar-refractivity contribution in [3.63, 3.8) is 0 Å². The van der Waals surface area contributed by atoms with Crippen LogP contribution in [0, 0.1) is 17.1 Å². The predicted molar refractivity (Wildman–Crippen MR) is 65.2 cm³/mol. The molecule has 17 heavy (non-hydrogen) atoms. The Morgan fingerprint density at radius 2 is 2.35 bits per heavy atom. The van der Waals surface area contributed by atoms with E-state index in [1.807, 2.05) is 6.07 Å². The number of rotatable bonds is 3. The van der Waals surface area contributed by atoms with E-state index in [2.05, 4.69) is 16.7 Å². The second kappa shape index (κ2) is 5.46. The van der Waals surface area contributed by atoms with Crippen molar-refractivity contribution in [1.82, 2.24) is 5.32 Å². The summed E-state index contributed by atoms with van der Waals surface area (Å²) in [5, 5.41) is 15.3. The van der Waals surface area contributed by atoms with Crippen molar-refractivity contribution < 1.29 is 4.39 Å². The summed E-state index contributed by atoms with van der Waals surface area (Å²) in [5.74, 6) is -0.381. The quantitative estimate of drug-likeness (QED) is 0.782. The maximum absolute atomic E-state index is 12.9. The highest BCUT2D eigenvalue weighted by molar-refractivity contribution is 5.57. The zero-order valence-corrected chi connectivity index (χ0v) is 9.46. The fraction of sp³-hybridized carbons (Fsp3) is 0.308. The van der Waals surface area contributed by atoms with E-state index in [1.165, 1.54) is 17.7 Å². The molecule has 2 N–H and O–H groups in total. The van der Waals surface area contributed by atoms with Gasteiger partial charge in [-0.25, -0.2) is 4.39 Å². The number of halogens is 1. The van der Waals surface area contributed by atoms with Crippen LogP contribution in [0.1, 0.15) is 12.0 Å². The van der Waals surface area contributed by atoms with E-state index in [1.54, 1.807) is 6.07 Å². The number of benzene rings is 1. The van der Waals surface area contributed by atoms with Gasteiger partial charge >= 0.3 is 0 Å². The third-order valence-corrected chi connectivity index (χ3v) is 2.77. The molecule has 0 aliphatic carbocycles. The lowest BCUT2D eigenvalue weighted by atomic mass is 10.1. The Morgan fingerprint density at radius 1 is 1.47 bits per heavy atom. The van der Waals surface area contributed by atoms with Crippen LogP contribution in [0.3, 0.4) is 0 Å². The highest BCUT2D eigenvalue weighted by Crippen LogP contribution is 2.17. The van der Waals surface area contributed by atoms with E-state index in [4.69, 9.17) is 5.26 Å². The van der Waals surface area contributed by atoms with Gasteiger partial charge in [0, 0.05) is 13.1 Å². The van der Waals surface area contributed by atoms with Gasteiger partial charge in [-0.15, -0.1) is 0 Å². The number of nitrogens with zero attached hydrogens (tertiary/aromatic N) is 1. The molecule has 0 fully saturated rings. The number of nitrogens with one attached hydrogen (secondary N) is 2. The summed E-state index contributed by atoms with van der Waals surface area (Å²) in [6.07, 6.45) is 3.15. The maximum atomic E-state index is 12.9. The molecule has 0 bridgehead atoms. The average molecular weight is 231 g/mol. The van der Waals surface area contributed by atoms with Crippen LogP contribution in [0.2, 0.25) is 0 Å². The largest absolute Gasteiger partial charge is 0.380 e. The minimum Gasteiger partial charge on any atom is -0.380 e. The molecule has 0 saturated heterocycles. The van der Waals surface area contributed by atoms with Crippen molar-refractivity contribution in [2.45, 2.75) is 6.42 Å². The molecule has 0 unspecified atom stereocenters. The van der Waals surface area contributed by atoms with E-state index in [9.17, 15) is 4.39 Å². The molecule has 1 aromatic rings. The van der Waals surface area contributed by atoms with Crippen LogP contribution in [-0.2, 0) is 0 Å². The number of hydrogen-bond donors (Lipinski definition) is 2. The molecule has 0 saturated carbocycles. The fourth-order valence-corrected chi connectivity index (χ4v) is 1.80. The molecule has 1 aliphatic rings. The van der Waals surface area contributed by atoms with Crippen molar-refractivity contribution in [3.05, 3.63) is 41.2 Å². The van der Waals surface area contributed by atoms with Crippen molar-refractivity contribution in [3.8, 4) is 6.07 Å². The van der Waals surface area contributed by atoms with Crippen LogP contribution in [0.4, 0.5) is 10.1 Å². The van der Waals surface area contributed by atoms with Gasteiger partial charge in [0.15, 0.2) is 0 Å². The van der Waals surface area contributed by atoms with Crippen LogP contribution < -0.4 is 10.6 Å². The third kappa shape index (κ3) is 3.05. The van der Waals surface area contributed by atoms with E-state index >= 15 is 0 Å². The van der Waals surface area contributed by atoms with Crippen molar-refractivity contribution >= 4 is 5.69 Å². The molecule has 88 valence electrons. The van der Waals surface area contributed by atoms with E-state index in [0.717, 1.165) is 19.5 Å². The summed E-state index contributed by atoms with van der Waals surface area (Å²) >= 11 is 0. The molecule has 0 radical (unpaired) electrons. The summed E-state index contributed by atoms with van der Waals surface area (Å²) in [6.45, 7) is 2.59. The molecular weight excluding hydrogens is 217 g/mol. The Bertz CT molecular complexity index is 474. The SMILES string of the molecule is N#Cc1cc(F)ccc1NCC1=CCNCC1. The van der Waals surface area contributed by atoms with Gasteiger partial charge in [0.05, 0.1) is 11.3 Å². The monoisotopic (exact) mass is 231 g/mol. The molecule has 1 heterocycles. The minimum absolute atomic E-state index is 0.347. The van der Waals surface area contributed by atoms with Gasteiger partial charge < -0.3 is 10.6 Å². The lowest BCUT2D eigenvalue weighted by Crippen LogP contribution is -2.23. The van der Waals surface area contributed by atoms with Gasteiger partial charge in [-0.1, -0.05) is 11.6 Å². The fourth-order valence-electron chi connectivity index (χ4n) is 1.80. The first-order valence-electron chi connectivity index (χ1n) is 5.62. The summed E-state index contributed by atoms with van der Waals surface area (Å²) in [5.41, 5.74) is 2.35. The standard InChI is InChI=1S/C13H14FN3/c14-12-1-2-13(11(7-12)8-15)17-9-10-3-5-16-6-4-10/h1-3,7,16-17H,4-6,9H2. The molecule has 3 nitrogen and oxygen atoms in total. The Labute approximate surface area is 99.9 Å². The van der Waals surface area contributed by atoms with E-state index < -0.39 is 0 Å². The Morgan fingerprint density at radius 3 is 3.06 bits per heavy atom. The van der Waals surface area contributed by atoms with Gasteiger partial charge in [0.25, 0.3) is 0 Å². The Kier molecular flexibility index (Phi) is 3.73. The molecule has 0 aromatic heterocycles. The average Bonchev–Trinajstić information content (AvgIpc) is 2.38. The normalized spacial score (nSPS) is 14.9.